The van der Waals surface area contributed by atoms with E-state index in [1.54, 1.807) is 50.2 Å². The molecule has 148 valence electrons. The second kappa shape index (κ2) is 9.90. The molecule has 0 unspecified atom stereocenters. The Morgan fingerprint density at radius 2 is 1.57 bits per heavy atom. The predicted molar refractivity (Wildman–Crippen MR) is 109 cm³/mol. The van der Waals surface area contributed by atoms with Gasteiger partial charge >= 0.3 is 0 Å². The number of aryl methyl sites for hydroxylation is 1. The summed E-state index contributed by atoms with van der Waals surface area (Å²) < 4.78 is 0. The van der Waals surface area contributed by atoms with E-state index in [9.17, 15) is 14.4 Å². The summed E-state index contributed by atoms with van der Waals surface area (Å²) >= 11 is 6.04. The van der Waals surface area contributed by atoms with Crippen molar-refractivity contribution in [3.8, 4) is 0 Å². The van der Waals surface area contributed by atoms with Gasteiger partial charge in [0, 0.05) is 5.56 Å². The molecule has 1 atom stereocenters. The van der Waals surface area contributed by atoms with Crippen LogP contribution in [0.15, 0.2) is 48.5 Å². The van der Waals surface area contributed by atoms with Crippen LogP contribution in [0.5, 0.6) is 0 Å². The van der Waals surface area contributed by atoms with E-state index in [0.29, 0.717) is 10.6 Å². The van der Waals surface area contributed by atoms with Crippen molar-refractivity contribution < 1.29 is 14.4 Å². The van der Waals surface area contributed by atoms with Crippen LogP contribution in [0.2, 0.25) is 5.02 Å². The fraction of sp³-hybridized carbons (Fsp3) is 0.286. The zero-order valence-corrected chi connectivity index (χ0v) is 16.8. The van der Waals surface area contributed by atoms with Crippen molar-refractivity contribution >= 4 is 29.3 Å². The molecule has 3 N–H and O–H groups in total. The van der Waals surface area contributed by atoms with E-state index in [4.69, 9.17) is 11.6 Å². The Hall–Kier alpha value is -2.86. The molecule has 6 nitrogen and oxygen atoms in total. The molecule has 0 saturated heterocycles. The lowest BCUT2D eigenvalue weighted by Crippen LogP contribution is -2.54. The first-order valence-corrected chi connectivity index (χ1v) is 9.45. The molecule has 0 aliphatic rings. The third kappa shape index (κ3) is 5.57. The second-order valence-corrected chi connectivity index (χ2v) is 7.08. The fourth-order valence-electron chi connectivity index (χ4n) is 2.56. The molecule has 0 aliphatic heterocycles. The molecule has 0 fully saturated rings. The van der Waals surface area contributed by atoms with Gasteiger partial charge in [0.15, 0.2) is 0 Å². The fourth-order valence-corrected chi connectivity index (χ4v) is 2.78. The highest BCUT2D eigenvalue weighted by Gasteiger charge is 2.25. The molecule has 7 heteroatoms. The van der Waals surface area contributed by atoms with Crippen molar-refractivity contribution in [2.45, 2.75) is 33.2 Å². The van der Waals surface area contributed by atoms with Gasteiger partial charge in [-0.3, -0.25) is 25.2 Å². The lowest BCUT2D eigenvalue weighted by molar-refractivity contribution is -0.124. The molecule has 28 heavy (non-hydrogen) atoms. The van der Waals surface area contributed by atoms with Crippen molar-refractivity contribution in [1.29, 1.82) is 0 Å². The SMILES string of the molecule is CCc1ccc(C(=O)NNC(=O)[C@@H](NC(=O)c2ccccc2Cl)C(C)C)cc1. The molecule has 0 spiro atoms. The number of hydrogen-bond acceptors (Lipinski definition) is 3. The Bertz CT molecular complexity index is 850. The predicted octanol–water partition coefficient (Wildman–Crippen LogP) is 3.12. The van der Waals surface area contributed by atoms with Gasteiger partial charge in [0.25, 0.3) is 17.7 Å². The molecule has 2 aromatic rings. The smallest absolute Gasteiger partial charge is 0.269 e. The molecule has 0 aliphatic carbocycles. The first-order chi connectivity index (χ1) is 13.3. The number of halogens is 1. The van der Waals surface area contributed by atoms with Crippen molar-refractivity contribution in [3.05, 3.63) is 70.2 Å². The molecule has 0 bridgehead atoms. The Kier molecular flexibility index (Phi) is 7.58. The maximum Gasteiger partial charge on any atom is 0.269 e. The summed E-state index contributed by atoms with van der Waals surface area (Å²) in [4.78, 5) is 37.1. The molecule has 2 aromatic carbocycles. The van der Waals surface area contributed by atoms with Crippen LogP contribution in [-0.2, 0) is 11.2 Å². The molecule has 3 amide bonds. The molecule has 2 rings (SSSR count). The summed E-state index contributed by atoms with van der Waals surface area (Å²) in [6.07, 6.45) is 0.875. The topological polar surface area (TPSA) is 87.3 Å². The zero-order chi connectivity index (χ0) is 20.7. The number of hydrogen-bond donors (Lipinski definition) is 3. The highest BCUT2D eigenvalue weighted by atomic mass is 35.5. The summed E-state index contributed by atoms with van der Waals surface area (Å²) in [6, 6.07) is 12.9. The van der Waals surface area contributed by atoms with E-state index in [0.717, 1.165) is 12.0 Å². The van der Waals surface area contributed by atoms with Crippen LogP contribution in [0.1, 0.15) is 47.1 Å². The average Bonchev–Trinajstić information content (AvgIpc) is 2.69. The molecule has 0 heterocycles. The van der Waals surface area contributed by atoms with Gasteiger partial charge in [0.1, 0.15) is 6.04 Å². The summed E-state index contributed by atoms with van der Waals surface area (Å²) in [5, 5.41) is 2.96. The third-order valence-corrected chi connectivity index (χ3v) is 4.61. The van der Waals surface area contributed by atoms with Crippen molar-refractivity contribution in [2.24, 2.45) is 5.92 Å². The van der Waals surface area contributed by atoms with Crippen molar-refractivity contribution in [1.82, 2.24) is 16.2 Å². The summed E-state index contributed by atoms with van der Waals surface area (Å²) in [7, 11) is 0. The first-order valence-electron chi connectivity index (χ1n) is 9.08. The molecular weight excluding hydrogens is 378 g/mol. The van der Waals surface area contributed by atoms with Crippen LogP contribution in [-0.4, -0.2) is 23.8 Å². The number of benzene rings is 2. The number of carbonyl (C=O) groups excluding carboxylic acids is 3. The Morgan fingerprint density at radius 1 is 0.929 bits per heavy atom. The van der Waals surface area contributed by atoms with Crippen LogP contribution in [0, 0.1) is 5.92 Å². The van der Waals surface area contributed by atoms with E-state index >= 15 is 0 Å². The van der Waals surface area contributed by atoms with E-state index in [-0.39, 0.29) is 11.5 Å². The van der Waals surface area contributed by atoms with Gasteiger partial charge in [-0.2, -0.15) is 0 Å². The third-order valence-electron chi connectivity index (χ3n) is 4.28. The van der Waals surface area contributed by atoms with Crippen LogP contribution < -0.4 is 16.2 Å². The van der Waals surface area contributed by atoms with E-state index < -0.39 is 23.8 Å². The van der Waals surface area contributed by atoms with Gasteiger partial charge < -0.3 is 5.32 Å². The first kappa shape index (κ1) is 21.4. The van der Waals surface area contributed by atoms with E-state index in [1.165, 1.54) is 0 Å². The minimum absolute atomic E-state index is 0.202. The Labute approximate surface area is 169 Å². The van der Waals surface area contributed by atoms with Crippen LogP contribution >= 0.6 is 11.6 Å². The average molecular weight is 402 g/mol. The van der Waals surface area contributed by atoms with Gasteiger partial charge in [0.05, 0.1) is 10.6 Å². The van der Waals surface area contributed by atoms with Crippen molar-refractivity contribution in [3.63, 3.8) is 0 Å². The van der Waals surface area contributed by atoms with Crippen LogP contribution in [0.25, 0.3) is 0 Å². The normalized spacial score (nSPS) is 11.6. The number of hydrazine groups is 1. The monoisotopic (exact) mass is 401 g/mol. The lowest BCUT2D eigenvalue weighted by Gasteiger charge is -2.22. The quantitative estimate of drug-likeness (QED) is 0.650. The number of carbonyl (C=O) groups is 3. The van der Waals surface area contributed by atoms with Crippen LogP contribution in [0.4, 0.5) is 0 Å². The van der Waals surface area contributed by atoms with Gasteiger partial charge in [-0.1, -0.05) is 56.6 Å². The maximum absolute atomic E-state index is 12.5. The zero-order valence-electron chi connectivity index (χ0n) is 16.1. The number of amides is 3. The summed E-state index contributed by atoms with van der Waals surface area (Å²) in [5.41, 5.74) is 6.58. The van der Waals surface area contributed by atoms with E-state index in [2.05, 4.69) is 16.2 Å². The maximum atomic E-state index is 12.5. The van der Waals surface area contributed by atoms with Gasteiger partial charge in [-0.15, -0.1) is 0 Å². The minimum atomic E-state index is -0.841. The second-order valence-electron chi connectivity index (χ2n) is 6.67. The summed E-state index contributed by atoms with van der Waals surface area (Å²) in [5.74, 6) is -1.61. The van der Waals surface area contributed by atoms with Gasteiger partial charge in [-0.25, -0.2) is 0 Å². The largest absolute Gasteiger partial charge is 0.340 e. The highest BCUT2D eigenvalue weighted by molar-refractivity contribution is 6.33. The number of nitrogens with one attached hydrogen (secondary N) is 3. The van der Waals surface area contributed by atoms with E-state index in [1.807, 2.05) is 19.1 Å². The molecule has 0 radical (unpaired) electrons. The minimum Gasteiger partial charge on any atom is -0.340 e. The lowest BCUT2D eigenvalue weighted by atomic mass is 10.0. The summed E-state index contributed by atoms with van der Waals surface area (Å²) in [6.45, 7) is 5.61. The Morgan fingerprint density at radius 3 is 2.14 bits per heavy atom. The van der Waals surface area contributed by atoms with Gasteiger partial charge in [0.2, 0.25) is 0 Å². The van der Waals surface area contributed by atoms with Gasteiger partial charge in [-0.05, 0) is 42.2 Å². The standard InChI is InChI=1S/C21H24ClN3O3/c1-4-14-9-11-15(12-10-14)19(26)24-25-21(28)18(13(2)3)23-20(27)16-7-5-6-8-17(16)22/h5-13,18H,4H2,1-3H3,(H,23,27)(H,24,26)(H,25,28)/t18-/m0/s1. The molecule has 0 aromatic heterocycles. The van der Waals surface area contributed by atoms with Crippen molar-refractivity contribution in [2.75, 3.05) is 0 Å². The highest BCUT2D eigenvalue weighted by Crippen LogP contribution is 2.15. The number of rotatable bonds is 6. The van der Waals surface area contributed by atoms with Crippen LogP contribution in [0.3, 0.4) is 0 Å². The molecule has 0 saturated carbocycles. The Balaban J connectivity index is 1.99. The molecular formula is C21H24ClN3O3.